The Bertz CT molecular complexity index is 733. The lowest BCUT2D eigenvalue weighted by molar-refractivity contribution is -0.122. The number of pyridine rings is 1. The lowest BCUT2D eigenvalue weighted by atomic mass is 10.1. The molecule has 2 aromatic rings. The second-order valence-corrected chi connectivity index (χ2v) is 5.61. The van der Waals surface area contributed by atoms with Gasteiger partial charge in [0, 0.05) is 17.1 Å². The van der Waals surface area contributed by atoms with E-state index >= 15 is 0 Å². The van der Waals surface area contributed by atoms with Crippen molar-refractivity contribution in [3.8, 4) is 11.8 Å². The van der Waals surface area contributed by atoms with Crippen molar-refractivity contribution in [3.05, 3.63) is 64.9 Å². The van der Waals surface area contributed by atoms with Gasteiger partial charge in [0.2, 0.25) is 5.91 Å². The molecule has 1 aliphatic carbocycles. The van der Waals surface area contributed by atoms with Crippen LogP contribution in [0.25, 0.3) is 0 Å². The molecule has 1 amide bonds. The summed E-state index contributed by atoms with van der Waals surface area (Å²) in [6, 6.07) is 13.3. The van der Waals surface area contributed by atoms with Crippen molar-refractivity contribution in [1.82, 2.24) is 10.3 Å². The quantitative estimate of drug-likeness (QED) is 0.886. The molecule has 0 unspecified atom stereocenters. The van der Waals surface area contributed by atoms with Crippen molar-refractivity contribution in [2.45, 2.75) is 12.3 Å². The minimum atomic E-state index is 0.0107. The highest BCUT2D eigenvalue weighted by molar-refractivity contribution is 6.31. The molecule has 1 aromatic carbocycles. The summed E-state index contributed by atoms with van der Waals surface area (Å²) in [7, 11) is 0. The Labute approximate surface area is 134 Å². The lowest BCUT2D eigenvalue weighted by Gasteiger charge is -2.03. The van der Waals surface area contributed by atoms with Gasteiger partial charge in [-0.3, -0.25) is 4.79 Å². The molecule has 1 heterocycles. The van der Waals surface area contributed by atoms with E-state index in [0.717, 1.165) is 17.0 Å². The smallest absolute Gasteiger partial charge is 0.224 e. The SMILES string of the molecule is O=C(NCC#Cc1ccccn1)[C@H]1C[C@@H]1c1ccccc1Cl. The normalized spacial score (nSPS) is 19.0. The maximum Gasteiger partial charge on any atom is 0.224 e. The minimum Gasteiger partial charge on any atom is -0.345 e. The van der Waals surface area contributed by atoms with Crippen LogP contribution in [0, 0.1) is 17.8 Å². The Morgan fingerprint density at radius 2 is 2.09 bits per heavy atom. The second kappa shape index (κ2) is 6.64. The topological polar surface area (TPSA) is 42.0 Å². The molecule has 0 spiro atoms. The van der Waals surface area contributed by atoms with Gasteiger partial charge >= 0.3 is 0 Å². The van der Waals surface area contributed by atoms with Crippen molar-refractivity contribution in [2.75, 3.05) is 6.54 Å². The van der Waals surface area contributed by atoms with E-state index in [-0.39, 0.29) is 17.7 Å². The Morgan fingerprint density at radius 1 is 1.27 bits per heavy atom. The molecule has 0 saturated heterocycles. The molecule has 2 atom stereocenters. The highest BCUT2D eigenvalue weighted by Crippen LogP contribution is 2.49. The monoisotopic (exact) mass is 310 g/mol. The number of nitrogens with one attached hydrogen (secondary N) is 1. The molecule has 3 nitrogen and oxygen atoms in total. The Morgan fingerprint density at radius 3 is 2.86 bits per heavy atom. The van der Waals surface area contributed by atoms with Crippen molar-refractivity contribution < 1.29 is 4.79 Å². The zero-order valence-electron chi connectivity index (χ0n) is 11.9. The predicted octanol–water partition coefficient (Wildman–Crippen LogP) is 3.01. The van der Waals surface area contributed by atoms with Crippen LogP contribution in [0.1, 0.15) is 23.6 Å². The van der Waals surface area contributed by atoms with Crippen LogP contribution in [0.2, 0.25) is 5.02 Å². The van der Waals surface area contributed by atoms with Gasteiger partial charge in [-0.15, -0.1) is 0 Å². The number of carbonyl (C=O) groups is 1. The van der Waals surface area contributed by atoms with Crippen LogP contribution in [0.3, 0.4) is 0 Å². The van der Waals surface area contributed by atoms with Crippen LogP contribution >= 0.6 is 11.6 Å². The van der Waals surface area contributed by atoms with Crippen molar-refractivity contribution >= 4 is 17.5 Å². The molecular formula is C18H15ClN2O. The van der Waals surface area contributed by atoms with E-state index in [1.807, 2.05) is 42.5 Å². The fourth-order valence-corrected chi connectivity index (χ4v) is 2.71. The van der Waals surface area contributed by atoms with E-state index in [1.165, 1.54) is 0 Å². The summed E-state index contributed by atoms with van der Waals surface area (Å²) >= 11 is 6.16. The van der Waals surface area contributed by atoms with Gasteiger partial charge in [-0.2, -0.15) is 0 Å². The molecule has 1 fully saturated rings. The number of benzene rings is 1. The number of carbonyl (C=O) groups excluding carboxylic acids is 1. The standard InChI is InChI=1S/C18H15ClN2O/c19-17-9-2-1-8-14(17)15-12-16(15)18(22)21-11-5-7-13-6-3-4-10-20-13/h1-4,6,8-10,15-16H,11-12H2,(H,21,22)/t15-,16+/m1/s1. The van der Waals surface area contributed by atoms with Crippen LogP contribution in [-0.4, -0.2) is 17.4 Å². The molecule has 0 bridgehead atoms. The predicted molar refractivity (Wildman–Crippen MR) is 86.4 cm³/mol. The van der Waals surface area contributed by atoms with Crippen LogP contribution in [0.5, 0.6) is 0 Å². The summed E-state index contributed by atoms with van der Waals surface area (Å²) in [5.74, 6) is 6.11. The first-order valence-corrected chi connectivity index (χ1v) is 7.55. The fraction of sp³-hybridized carbons (Fsp3) is 0.222. The molecule has 0 aliphatic heterocycles. The average molecular weight is 311 g/mol. The van der Waals surface area contributed by atoms with Crippen molar-refractivity contribution in [2.24, 2.45) is 5.92 Å². The van der Waals surface area contributed by atoms with Crippen LogP contribution in [-0.2, 0) is 4.79 Å². The van der Waals surface area contributed by atoms with Gasteiger partial charge in [0.25, 0.3) is 0 Å². The number of aromatic nitrogens is 1. The maximum absolute atomic E-state index is 12.1. The summed E-state index contributed by atoms with van der Waals surface area (Å²) in [6.07, 6.45) is 2.55. The summed E-state index contributed by atoms with van der Waals surface area (Å²) < 4.78 is 0. The largest absolute Gasteiger partial charge is 0.345 e. The zero-order chi connectivity index (χ0) is 15.4. The van der Waals surface area contributed by atoms with Crippen LogP contribution < -0.4 is 5.32 Å². The van der Waals surface area contributed by atoms with Gasteiger partial charge in [0.15, 0.2) is 0 Å². The second-order valence-electron chi connectivity index (χ2n) is 5.20. The first kappa shape index (κ1) is 14.6. The van der Waals surface area contributed by atoms with Gasteiger partial charge in [-0.1, -0.05) is 41.8 Å². The Hall–Kier alpha value is -2.31. The third-order valence-electron chi connectivity index (χ3n) is 3.66. The lowest BCUT2D eigenvalue weighted by Crippen LogP contribution is -2.25. The molecule has 110 valence electrons. The number of nitrogens with zero attached hydrogens (tertiary/aromatic N) is 1. The number of rotatable bonds is 3. The van der Waals surface area contributed by atoms with E-state index in [1.54, 1.807) is 6.20 Å². The van der Waals surface area contributed by atoms with Crippen molar-refractivity contribution in [3.63, 3.8) is 0 Å². The molecule has 22 heavy (non-hydrogen) atoms. The van der Waals surface area contributed by atoms with E-state index in [0.29, 0.717) is 12.2 Å². The van der Waals surface area contributed by atoms with Gasteiger partial charge in [-0.25, -0.2) is 4.98 Å². The number of hydrogen-bond donors (Lipinski definition) is 1. The van der Waals surface area contributed by atoms with Crippen LogP contribution in [0.4, 0.5) is 0 Å². The van der Waals surface area contributed by atoms with E-state index in [2.05, 4.69) is 22.1 Å². The third kappa shape index (κ3) is 3.47. The fourth-order valence-electron chi connectivity index (χ4n) is 2.44. The van der Waals surface area contributed by atoms with E-state index < -0.39 is 0 Å². The Kier molecular flexibility index (Phi) is 4.41. The van der Waals surface area contributed by atoms with Crippen molar-refractivity contribution in [1.29, 1.82) is 0 Å². The van der Waals surface area contributed by atoms with Gasteiger partial charge in [-0.05, 0) is 42.0 Å². The zero-order valence-corrected chi connectivity index (χ0v) is 12.7. The van der Waals surface area contributed by atoms with Gasteiger partial charge in [0.05, 0.1) is 6.54 Å². The summed E-state index contributed by atoms with van der Waals surface area (Å²) in [4.78, 5) is 16.2. The third-order valence-corrected chi connectivity index (χ3v) is 4.01. The Balaban J connectivity index is 1.50. The molecule has 3 rings (SSSR count). The number of amides is 1. The molecule has 1 saturated carbocycles. The molecule has 1 aliphatic rings. The average Bonchev–Trinajstić information content (AvgIpc) is 3.33. The molecule has 1 aromatic heterocycles. The van der Waals surface area contributed by atoms with Crippen LogP contribution in [0.15, 0.2) is 48.7 Å². The van der Waals surface area contributed by atoms with Gasteiger partial charge in [0.1, 0.15) is 5.69 Å². The number of hydrogen-bond acceptors (Lipinski definition) is 2. The molecule has 1 N–H and O–H groups in total. The maximum atomic E-state index is 12.1. The first-order valence-electron chi connectivity index (χ1n) is 7.18. The van der Waals surface area contributed by atoms with Gasteiger partial charge < -0.3 is 5.32 Å². The minimum absolute atomic E-state index is 0.0107. The first-order chi connectivity index (χ1) is 10.8. The molecular weight excluding hydrogens is 296 g/mol. The number of halogens is 1. The highest BCUT2D eigenvalue weighted by Gasteiger charge is 2.44. The highest BCUT2D eigenvalue weighted by atomic mass is 35.5. The van der Waals surface area contributed by atoms with E-state index in [9.17, 15) is 4.79 Å². The molecule has 4 heteroatoms. The summed E-state index contributed by atoms with van der Waals surface area (Å²) in [5.41, 5.74) is 1.76. The summed E-state index contributed by atoms with van der Waals surface area (Å²) in [6.45, 7) is 0.334. The molecule has 0 radical (unpaired) electrons. The summed E-state index contributed by atoms with van der Waals surface area (Å²) in [5, 5.41) is 3.58. The van der Waals surface area contributed by atoms with E-state index in [4.69, 9.17) is 11.6 Å².